The summed E-state index contributed by atoms with van der Waals surface area (Å²) in [5, 5.41) is 0. The van der Waals surface area contributed by atoms with Gasteiger partial charge in [-0.05, 0) is 12.8 Å². The van der Waals surface area contributed by atoms with Crippen molar-refractivity contribution < 1.29 is 4.74 Å². The van der Waals surface area contributed by atoms with Crippen molar-refractivity contribution in [2.75, 3.05) is 43.9 Å². The Bertz CT molecular complexity index is 426. The minimum Gasteiger partial charge on any atom is -0.481 e. The van der Waals surface area contributed by atoms with Crippen LogP contribution < -0.4 is 15.4 Å². The number of piperazine rings is 1. The summed E-state index contributed by atoms with van der Waals surface area (Å²) in [4.78, 5) is 13.1. The first-order valence-electron chi connectivity index (χ1n) is 6.44. The number of nitrogens with two attached hydrogens (primary N) is 1. The Morgan fingerprint density at radius 3 is 2.56 bits per heavy atom. The average Bonchev–Trinajstić information content (AvgIpc) is 3.22. The van der Waals surface area contributed by atoms with Crippen molar-refractivity contribution in [3.63, 3.8) is 0 Å². The third-order valence-electron chi connectivity index (χ3n) is 3.62. The first-order valence-corrected chi connectivity index (χ1v) is 6.44. The van der Waals surface area contributed by atoms with Gasteiger partial charge in [-0.3, -0.25) is 4.90 Å². The Labute approximate surface area is 107 Å². The van der Waals surface area contributed by atoms with Gasteiger partial charge in [-0.25, -0.2) is 0 Å². The molecule has 2 heterocycles. The van der Waals surface area contributed by atoms with Crippen LogP contribution in [0.4, 0.5) is 11.8 Å². The predicted molar refractivity (Wildman–Crippen MR) is 69.8 cm³/mol. The number of ether oxygens (including phenoxy) is 1. The van der Waals surface area contributed by atoms with E-state index in [0.29, 0.717) is 5.88 Å². The van der Waals surface area contributed by atoms with Crippen LogP contribution >= 0.6 is 0 Å². The molecule has 0 spiro atoms. The summed E-state index contributed by atoms with van der Waals surface area (Å²) >= 11 is 0. The molecule has 98 valence electrons. The second-order valence-corrected chi connectivity index (χ2v) is 4.88. The van der Waals surface area contributed by atoms with Gasteiger partial charge in [0.15, 0.2) is 0 Å². The summed E-state index contributed by atoms with van der Waals surface area (Å²) in [5.74, 6) is 1.67. The molecule has 0 amide bonds. The van der Waals surface area contributed by atoms with Gasteiger partial charge >= 0.3 is 0 Å². The maximum absolute atomic E-state index is 5.69. The quantitative estimate of drug-likeness (QED) is 0.834. The molecular weight excluding hydrogens is 230 g/mol. The normalized spacial score (nSPS) is 21.1. The standard InChI is InChI=1S/C12H19N5O/c1-18-11-8-10(14-12(13)15-11)17-6-4-16(5-7-17)9-2-3-9/h8-9H,2-7H2,1H3,(H2,13,14,15). The highest BCUT2D eigenvalue weighted by atomic mass is 16.5. The number of hydrogen-bond acceptors (Lipinski definition) is 6. The molecule has 6 nitrogen and oxygen atoms in total. The Morgan fingerprint density at radius 2 is 1.94 bits per heavy atom. The lowest BCUT2D eigenvalue weighted by Gasteiger charge is -2.35. The van der Waals surface area contributed by atoms with Gasteiger partial charge in [-0.15, -0.1) is 0 Å². The van der Waals surface area contributed by atoms with Crippen LogP contribution in [0.25, 0.3) is 0 Å². The lowest BCUT2D eigenvalue weighted by Crippen LogP contribution is -2.47. The van der Waals surface area contributed by atoms with Crippen molar-refractivity contribution in [1.29, 1.82) is 0 Å². The van der Waals surface area contributed by atoms with Crippen molar-refractivity contribution in [1.82, 2.24) is 14.9 Å². The molecule has 1 aromatic rings. The summed E-state index contributed by atoms with van der Waals surface area (Å²) in [6, 6.07) is 2.69. The highest BCUT2D eigenvalue weighted by molar-refractivity contribution is 5.45. The van der Waals surface area contributed by atoms with Crippen molar-refractivity contribution in [3.05, 3.63) is 6.07 Å². The average molecular weight is 249 g/mol. The van der Waals surface area contributed by atoms with E-state index in [9.17, 15) is 0 Å². The van der Waals surface area contributed by atoms with Gasteiger partial charge in [0.25, 0.3) is 0 Å². The molecular formula is C12H19N5O. The Kier molecular flexibility index (Phi) is 2.95. The van der Waals surface area contributed by atoms with Crippen molar-refractivity contribution >= 4 is 11.8 Å². The lowest BCUT2D eigenvalue weighted by atomic mass is 10.3. The zero-order valence-electron chi connectivity index (χ0n) is 10.7. The first-order chi connectivity index (χ1) is 8.76. The van der Waals surface area contributed by atoms with Crippen molar-refractivity contribution in [2.45, 2.75) is 18.9 Å². The second-order valence-electron chi connectivity index (χ2n) is 4.88. The molecule has 18 heavy (non-hydrogen) atoms. The molecule has 0 unspecified atom stereocenters. The Balaban J connectivity index is 1.69. The molecule has 1 saturated heterocycles. The molecule has 6 heteroatoms. The van der Waals surface area contributed by atoms with Gasteiger partial charge in [-0.1, -0.05) is 0 Å². The van der Waals surface area contributed by atoms with Gasteiger partial charge < -0.3 is 15.4 Å². The zero-order valence-corrected chi connectivity index (χ0v) is 10.7. The summed E-state index contributed by atoms with van der Waals surface area (Å²) in [5.41, 5.74) is 5.69. The number of nitrogen functional groups attached to an aromatic ring is 1. The molecule has 2 N–H and O–H groups in total. The van der Waals surface area contributed by atoms with Crippen LogP contribution in [0.2, 0.25) is 0 Å². The lowest BCUT2D eigenvalue weighted by molar-refractivity contribution is 0.247. The summed E-state index contributed by atoms with van der Waals surface area (Å²) in [6.07, 6.45) is 2.74. The third kappa shape index (κ3) is 2.33. The van der Waals surface area contributed by atoms with Gasteiger partial charge in [0.05, 0.1) is 7.11 Å². The monoisotopic (exact) mass is 249 g/mol. The highest BCUT2D eigenvalue weighted by Gasteiger charge is 2.31. The second kappa shape index (κ2) is 4.61. The highest BCUT2D eigenvalue weighted by Crippen LogP contribution is 2.28. The predicted octanol–water partition coefficient (Wildman–Crippen LogP) is 0.352. The maximum atomic E-state index is 5.69. The van der Waals surface area contributed by atoms with Crippen LogP contribution in [0.1, 0.15) is 12.8 Å². The van der Waals surface area contributed by atoms with Crippen LogP contribution in [0, 0.1) is 0 Å². The zero-order chi connectivity index (χ0) is 12.5. The smallest absolute Gasteiger partial charge is 0.225 e. The number of anilines is 2. The fourth-order valence-corrected chi connectivity index (χ4v) is 2.45. The van der Waals surface area contributed by atoms with Gasteiger partial charge in [0, 0.05) is 38.3 Å². The number of methoxy groups -OCH3 is 1. The molecule has 0 aromatic carbocycles. The number of aromatic nitrogens is 2. The fourth-order valence-electron chi connectivity index (χ4n) is 2.45. The minimum absolute atomic E-state index is 0.272. The van der Waals surface area contributed by atoms with Crippen LogP contribution in [0.3, 0.4) is 0 Å². The van der Waals surface area contributed by atoms with E-state index in [2.05, 4.69) is 19.8 Å². The largest absolute Gasteiger partial charge is 0.481 e. The number of nitrogens with zero attached hydrogens (tertiary/aromatic N) is 4. The molecule has 2 aliphatic rings. The van der Waals surface area contributed by atoms with E-state index in [1.165, 1.54) is 12.8 Å². The van der Waals surface area contributed by atoms with Crippen molar-refractivity contribution in [2.24, 2.45) is 0 Å². The van der Waals surface area contributed by atoms with E-state index in [4.69, 9.17) is 10.5 Å². The molecule has 1 aliphatic carbocycles. The van der Waals surface area contributed by atoms with E-state index in [0.717, 1.165) is 38.0 Å². The number of hydrogen-bond donors (Lipinski definition) is 1. The Morgan fingerprint density at radius 1 is 1.22 bits per heavy atom. The van der Waals surface area contributed by atoms with Crippen LogP contribution in [0.5, 0.6) is 5.88 Å². The molecule has 1 aliphatic heterocycles. The molecule has 0 radical (unpaired) electrons. The van der Waals surface area contributed by atoms with E-state index in [1.54, 1.807) is 7.11 Å². The molecule has 3 rings (SSSR count). The van der Waals surface area contributed by atoms with Crippen LogP contribution in [-0.2, 0) is 0 Å². The molecule has 0 atom stereocenters. The third-order valence-corrected chi connectivity index (χ3v) is 3.62. The molecule has 1 saturated carbocycles. The molecule has 2 fully saturated rings. The topological polar surface area (TPSA) is 67.5 Å². The van der Waals surface area contributed by atoms with Gasteiger partial charge in [-0.2, -0.15) is 9.97 Å². The summed E-state index contributed by atoms with van der Waals surface area (Å²) in [7, 11) is 1.59. The van der Waals surface area contributed by atoms with Gasteiger partial charge in [0.1, 0.15) is 5.82 Å². The van der Waals surface area contributed by atoms with Crippen LogP contribution in [0.15, 0.2) is 6.07 Å². The Hall–Kier alpha value is -1.56. The number of rotatable bonds is 3. The van der Waals surface area contributed by atoms with E-state index in [-0.39, 0.29) is 5.95 Å². The molecule has 1 aromatic heterocycles. The maximum Gasteiger partial charge on any atom is 0.225 e. The van der Waals surface area contributed by atoms with E-state index >= 15 is 0 Å². The minimum atomic E-state index is 0.272. The SMILES string of the molecule is COc1cc(N2CCN(C3CC3)CC2)nc(N)n1. The van der Waals surface area contributed by atoms with Crippen LogP contribution in [-0.4, -0.2) is 54.2 Å². The summed E-state index contributed by atoms with van der Waals surface area (Å²) < 4.78 is 5.13. The fraction of sp³-hybridized carbons (Fsp3) is 0.667. The summed E-state index contributed by atoms with van der Waals surface area (Å²) in [6.45, 7) is 4.21. The van der Waals surface area contributed by atoms with Crippen molar-refractivity contribution in [3.8, 4) is 5.88 Å². The van der Waals surface area contributed by atoms with E-state index in [1.807, 2.05) is 6.07 Å². The first kappa shape index (κ1) is 11.5. The van der Waals surface area contributed by atoms with Gasteiger partial charge in [0.2, 0.25) is 11.8 Å². The molecule has 0 bridgehead atoms. The van der Waals surface area contributed by atoms with E-state index < -0.39 is 0 Å².